The van der Waals surface area contributed by atoms with E-state index in [0.29, 0.717) is 28.0 Å². The zero-order chi connectivity index (χ0) is 16.5. The van der Waals surface area contributed by atoms with E-state index >= 15 is 0 Å². The fourth-order valence-corrected chi connectivity index (χ4v) is 4.69. The molecule has 5 nitrogen and oxygen atoms in total. The third kappa shape index (κ3) is 3.19. The summed E-state index contributed by atoms with van der Waals surface area (Å²) < 4.78 is 28.4. The lowest BCUT2D eigenvalue weighted by atomic mass is 10.2. The molecule has 1 aliphatic rings. The highest BCUT2D eigenvalue weighted by Gasteiger charge is 2.19. The zero-order valence-electron chi connectivity index (χ0n) is 12.4. The average Bonchev–Trinajstić information content (AvgIpc) is 3.28. The standard InChI is InChI=1S/C16H12ClNO4S2/c17-12-4-10(5-14-15(12)22-9-21-14)7-24(19)8-11-6-23-16(18-11)13-2-1-3-20-13/h1-6H,7-9H2/t24-/m0/s1. The van der Waals surface area contributed by atoms with Gasteiger partial charge < -0.3 is 13.9 Å². The summed E-state index contributed by atoms with van der Waals surface area (Å²) in [5, 5.41) is 3.17. The van der Waals surface area contributed by atoms with Crippen LogP contribution in [0.2, 0.25) is 5.02 Å². The van der Waals surface area contributed by atoms with Crippen molar-refractivity contribution in [3.05, 3.63) is 52.2 Å². The van der Waals surface area contributed by atoms with Gasteiger partial charge in [0.15, 0.2) is 22.3 Å². The molecular formula is C16H12ClNO4S2. The first-order valence-corrected chi connectivity index (χ1v) is 9.85. The average molecular weight is 382 g/mol. The summed E-state index contributed by atoms with van der Waals surface area (Å²) in [4.78, 5) is 4.47. The number of fused-ring (bicyclic) bond motifs is 1. The molecule has 0 fully saturated rings. The SMILES string of the molecule is O=[S@@](Cc1cc(Cl)c2c(c1)OCO2)Cc1csc(-c2ccco2)n1. The third-order valence-electron chi connectivity index (χ3n) is 3.41. The molecule has 0 radical (unpaired) electrons. The second-order valence-corrected chi connectivity index (χ2v) is 7.88. The fourth-order valence-electron chi connectivity index (χ4n) is 2.39. The number of benzene rings is 1. The minimum Gasteiger partial charge on any atom is -0.462 e. The van der Waals surface area contributed by atoms with E-state index in [9.17, 15) is 4.21 Å². The molecule has 0 amide bonds. The maximum Gasteiger partial charge on any atom is 0.231 e. The zero-order valence-corrected chi connectivity index (χ0v) is 14.7. The summed E-state index contributed by atoms with van der Waals surface area (Å²) in [5.41, 5.74) is 1.64. The van der Waals surface area contributed by atoms with Gasteiger partial charge in [0.05, 0.1) is 22.7 Å². The Morgan fingerprint density at radius 2 is 2.21 bits per heavy atom. The molecular weight excluding hydrogens is 370 g/mol. The van der Waals surface area contributed by atoms with Gasteiger partial charge in [-0.3, -0.25) is 4.21 Å². The molecule has 124 valence electrons. The van der Waals surface area contributed by atoms with E-state index in [-0.39, 0.29) is 6.79 Å². The Morgan fingerprint density at radius 3 is 3.04 bits per heavy atom. The Morgan fingerprint density at radius 1 is 1.29 bits per heavy atom. The molecule has 0 unspecified atom stereocenters. The number of hydrogen-bond donors (Lipinski definition) is 0. The van der Waals surface area contributed by atoms with Gasteiger partial charge >= 0.3 is 0 Å². The topological polar surface area (TPSA) is 61.6 Å². The Hall–Kier alpha value is -1.83. The Bertz CT molecular complexity index is 892. The van der Waals surface area contributed by atoms with Crippen molar-refractivity contribution in [2.24, 2.45) is 0 Å². The van der Waals surface area contributed by atoms with Crippen molar-refractivity contribution in [3.63, 3.8) is 0 Å². The van der Waals surface area contributed by atoms with Gasteiger partial charge in [-0.25, -0.2) is 4.98 Å². The van der Waals surface area contributed by atoms with Crippen LogP contribution in [0, 0.1) is 0 Å². The molecule has 2 aromatic heterocycles. The van der Waals surface area contributed by atoms with E-state index in [1.807, 2.05) is 23.6 Å². The molecule has 4 rings (SSSR count). The maximum atomic E-state index is 12.4. The van der Waals surface area contributed by atoms with Gasteiger partial charge in [-0.2, -0.15) is 0 Å². The summed E-state index contributed by atoms with van der Waals surface area (Å²) in [6, 6.07) is 7.26. The Balaban J connectivity index is 1.45. The molecule has 0 saturated carbocycles. The summed E-state index contributed by atoms with van der Waals surface area (Å²) in [6.45, 7) is 0.163. The van der Waals surface area contributed by atoms with Gasteiger partial charge in [-0.05, 0) is 29.8 Å². The third-order valence-corrected chi connectivity index (χ3v) is 5.87. The quantitative estimate of drug-likeness (QED) is 0.661. The normalized spacial score (nSPS) is 14.0. The fraction of sp³-hybridized carbons (Fsp3) is 0.188. The predicted octanol–water partition coefficient (Wildman–Crippen LogP) is 4.23. The second-order valence-electron chi connectivity index (χ2n) is 5.16. The molecule has 0 saturated heterocycles. The van der Waals surface area contributed by atoms with Crippen LogP contribution in [0.4, 0.5) is 0 Å². The van der Waals surface area contributed by atoms with Crippen LogP contribution in [0.15, 0.2) is 40.3 Å². The van der Waals surface area contributed by atoms with Gasteiger partial charge in [0.1, 0.15) is 0 Å². The van der Waals surface area contributed by atoms with E-state index in [1.54, 1.807) is 12.3 Å². The molecule has 0 aliphatic carbocycles. The van der Waals surface area contributed by atoms with Crippen LogP contribution in [0.25, 0.3) is 10.8 Å². The molecule has 0 bridgehead atoms. The lowest BCUT2D eigenvalue weighted by Crippen LogP contribution is -2.00. The largest absolute Gasteiger partial charge is 0.462 e. The molecule has 8 heteroatoms. The molecule has 0 N–H and O–H groups in total. The molecule has 1 atom stereocenters. The van der Waals surface area contributed by atoms with Crippen LogP contribution < -0.4 is 9.47 Å². The molecule has 3 heterocycles. The van der Waals surface area contributed by atoms with Crippen molar-refractivity contribution < 1.29 is 18.1 Å². The lowest BCUT2D eigenvalue weighted by molar-refractivity contribution is 0.174. The van der Waals surface area contributed by atoms with Crippen LogP contribution in [0.1, 0.15) is 11.3 Å². The first kappa shape index (κ1) is 15.7. The smallest absolute Gasteiger partial charge is 0.231 e. The lowest BCUT2D eigenvalue weighted by Gasteiger charge is -2.05. The first-order valence-electron chi connectivity index (χ1n) is 7.10. The van der Waals surface area contributed by atoms with E-state index in [2.05, 4.69) is 4.98 Å². The van der Waals surface area contributed by atoms with Crippen LogP contribution in [-0.2, 0) is 22.3 Å². The van der Waals surface area contributed by atoms with E-state index in [1.165, 1.54) is 11.3 Å². The van der Waals surface area contributed by atoms with Crippen LogP contribution >= 0.6 is 22.9 Å². The van der Waals surface area contributed by atoms with E-state index < -0.39 is 10.8 Å². The van der Waals surface area contributed by atoms with Crippen LogP contribution in [0.5, 0.6) is 11.5 Å². The van der Waals surface area contributed by atoms with Gasteiger partial charge in [-0.1, -0.05) is 11.6 Å². The van der Waals surface area contributed by atoms with Crippen molar-refractivity contribution in [1.82, 2.24) is 4.98 Å². The van der Waals surface area contributed by atoms with Crippen LogP contribution in [0.3, 0.4) is 0 Å². The Kier molecular flexibility index (Phi) is 4.30. The van der Waals surface area contributed by atoms with Gasteiger partial charge in [0.25, 0.3) is 0 Å². The van der Waals surface area contributed by atoms with Gasteiger partial charge in [0, 0.05) is 21.9 Å². The van der Waals surface area contributed by atoms with Crippen molar-refractivity contribution in [2.75, 3.05) is 6.79 Å². The summed E-state index contributed by atoms with van der Waals surface area (Å²) in [6.07, 6.45) is 1.61. The molecule has 3 aromatic rings. The number of aromatic nitrogens is 1. The first-order chi connectivity index (χ1) is 11.7. The molecule has 24 heavy (non-hydrogen) atoms. The number of rotatable bonds is 5. The number of nitrogens with zero attached hydrogens (tertiary/aromatic N) is 1. The molecule has 1 aliphatic heterocycles. The minimum absolute atomic E-state index is 0.163. The maximum absolute atomic E-state index is 12.4. The Labute approximate surface area is 149 Å². The summed E-state index contributed by atoms with van der Waals surface area (Å²) >= 11 is 7.63. The summed E-state index contributed by atoms with van der Waals surface area (Å²) in [7, 11) is -1.10. The van der Waals surface area contributed by atoms with Gasteiger partial charge in [0.2, 0.25) is 6.79 Å². The second kappa shape index (κ2) is 6.58. The number of thiazole rings is 1. The monoisotopic (exact) mass is 381 g/mol. The van der Waals surface area contributed by atoms with Crippen LogP contribution in [-0.4, -0.2) is 16.0 Å². The van der Waals surface area contributed by atoms with Crippen molar-refractivity contribution in [2.45, 2.75) is 11.5 Å². The number of hydrogen-bond acceptors (Lipinski definition) is 6. The molecule has 0 spiro atoms. The summed E-state index contributed by atoms with van der Waals surface area (Å²) in [5.74, 6) is 2.63. The highest BCUT2D eigenvalue weighted by molar-refractivity contribution is 7.83. The molecule has 1 aromatic carbocycles. The van der Waals surface area contributed by atoms with Crippen molar-refractivity contribution in [1.29, 1.82) is 0 Å². The highest BCUT2D eigenvalue weighted by atomic mass is 35.5. The van der Waals surface area contributed by atoms with E-state index in [4.69, 9.17) is 25.5 Å². The highest BCUT2D eigenvalue weighted by Crippen LogP contribution is 2.40. The van der Waals surface area contributed by atoms with Gasteiger partial charge in [-0.15, -0.1) is 11.3 Å². The minimum atomic E-state index is -1.10. The number of ether oxygens (including phenoxy) is 2. The predicted molar refractivity (Wildman–Crippen MR) is 92.9 cm³/mol. The van der Waals surface area contributed by atoms with Crippen molar-refractivity contribution >= 4 is 33.7 Å². The van der Waals surface area contributed by atoms with Crippen molar-refractivity contribution in [3.8, 4) is 22.3 Å². The van der Waals surface area contributed by atoms with E-state index in [0.717, 1.165) is 22.0 Å². The number of halogens is 1. The number of furan rings is 1.